The van der Waals surface area contributed by atoms with Crippen molar-refractivity contribution in [2.24, 2.45) is 0 Å². The predicted molar refractivity (Wildman–Crippen MR) is 136 cm³/mol. The number of halogens is 1. The number of aromatic nitrogens is 2. The van der Waals surface area contributed by atoms with Gasteiger partial charge < -0.3 is 25.4 Å². The highest BCUT2D eigenvalue weighted by Gasteiger charge is 2.49. The number of nitrogens with zero attached hydrogens (tertiary/aromatic N) is 4. The number of amides is 1. The molecule has 2 aromatic carbocycles. The molecule has 1 saturated heterocycles. The van der Waals surface area contributed by atoms with E-state index >= 15 is 0 Å². The third-order valence-corrected chi connectivity index (χ3v) is 7.50. The molecule has 0 unspecified atom stereocenters. The van der Waals surface area contributed by atoms with E-state index in [0.717, 1.165) is 38.8 Å². The number of carbonyl (C=O) groups is 1. The van der Waals surface area contributed by atoms with Crippen molar-refractivity contribution in [3.05, 3.63) is 42.5 Å². The Morgan fingerprint density at radius 1 is 1.14 bits per heavy atom. The summed E-state index contributed by atoms with van der Waals surface area (Å²) in [5.41, 5.74) is 6.16. The number of ether oxygens (including phenoxy) is 2. The van der Waals surface area contributed by atoms with E-state index in [1.165, 1.54) is 12.4 Å². The van der Waals surface area contributed by atoms with Gasteiger partial charge in [0.1, 0.15) is 17.7 Å². The number of nitrogens with two attached hydrogens (primary N) is 1. The molecular weight excluding hydrogens is 463 g/mol. The lowest BCUT2D eigenvalue weighted by Crippen LogP contribution is -2.65. The van der Waals surface area contributed by atoms with Crippen molar-refractivity contribution in [2.45, 2.75) is 37.3 Å². The number of nitrogen functional groups attached to an aromatic ring is 1. The number of nitrogens with one attached hydrogen (secondary N) is 1. The molecule has 0 radical (unpaired) electrons. The van der Waals surface area contributed by atoms with Gasteiger partial charge in [0.2, 0.25) is 5.91 Å². The molecule has 1 aliphatic carbocycles. The van der Waals surface area contributed by atoms with Crippen LogP contribution < -0.4 is 20.5 Å². The molecule has 190 valence electrons. The lowest BCUT2D eigenvalue weighted by atomic mass is 9.77. The van der Waals surface area contributed by atoms with E-state index in [1.807, 2.05) is 25.1 Å². The van der Waals surface area contributed by atoms with Crippen molar-refractivity contribution < 1.29 is 18.7 Å². The van der Waals surface area contributed by atoms with Gasteiger partial charge in [-0.05, 0) is 50.9 Å². The number of likely N-dealkylation sites (N-methyl/N-ethyl adjacent to an activating group) is 2. The van der Waals surface area contributed by atoms with Crippen molar-refractivity contribution in [3.63, 3.8) is 0 Å². The van der Waals surface area contributed by atoms with Crippen LogP contribution in [0.2, 0.25) is 0 Å². The molecule has 9 nitrogen and oxygen atoms in total. The molecule has 3 N–H and O–H groups in total. The minimum absolute atomic E-state index is 0.0485. The second kappa shape index (κ2) is 9.42. The Hall–Kier alpha value is -3.66. The molecule has 5 rings (SSSR count). The van der Waals surface area contributed by atoms with Crippen LogP contribution in [0, 0.1) is 5.82 Å². The Morgan fingerprint density at radius 3 is 2.67 bits per heavy atom. The van der Waals surface area contributed by atoms with Crippen LogP contribution in [0.5, 0.6) is 11.5 Å². The van der Waals surface area contributed by atoms with Crippen LogP contribution >= 0.6 is 0 Å². The van der Waals surface area contributed by atoms with Gasteiger partial charge >= 0.3 is 0 Å². The summed E-state index contributed by atoms with van der Waals surface area (Å²) in [6.07, 6.45) is 4.30. The second-order valence-corrected chi connectivity index (χ2v) is 9.57. The minimum atomic E-state index is -0.543. The number of hydrogen-bond donors (Lipinski definition) is 2. The minimum Gasteiger partial charge on any atom is -0.493 e. The molecule has 1 spiro atoms. The molecule has 3 aromatic rings. The molecular formula is C26H31FN6O3. The standard InChI is InChI=1S/C26H31FN6O3/c1-32-11-12-33(2)26(25(32)34)9-7-16(8-10-26)36-22-13-17-20(14-21(22)35-3)29-15-30-24(17)31-19-6-4-5-18(28)23(19)27/h4-6,13-16H,7-12,28H2,1-3H3,(H,29,30,31). The highest BCUT2D eigenvalue weighted by atomic mass is 19.1. The van der Waals surface area contributed by atoms with E-state index in [1.54, 1.807) is 25.3 Å². The van der Waals surface area contributed by atoms with Gasteiger partial charge in [-0.15, -0.1) is 0 Å². The van der Waals surface area contributed by atoms with Gasteiger partial charge in [-0.3, -0.25) is 9.69 Å². The first-order chi connectivity index (χ1) is 17.3. The van der Waals surface area contributed by atoms with E-state index in [0.29, 0.717) is 28.2 Å². The summed E-state index contributed by atoms with van der Waals surface area (Å²) in [6, 6.07) is 8.37. The van der Waals surface area contributed by atoms with Crippen molar-refractivity contribution in [1.82, 2.24) is 19.8 Å². The molecule has 0 atom stereocenters. The molecule has 2 aliphatic rings. The average Bonchev–Trinajstić information content (AvgIpc) is 2.89. The maximum Gasteiger partial charge on any atom is 0.242 e. The maximum absolute atomic E-state index is 14.5. The first-order valence-electron chi connectivity index (χ1n) is 12.1. The number of fused-ring (bicyclic) bond motifs is 1. The van der Waals surface area contributed by atoms with Crippen LogP contribution in [0.25, 0.3) is 10.9 Å². The summed E-state index contributed by atoms with van der Waals surface area (Å²) in [5, 5.41) is 3.69. The van der Waals surface area contributed by atoms with E-state index < -0.39 is 11.4 Å². The Labute approximate surface area is 209 Å². The van der Waals surface area contributed by atoms with Gasteiger partial charge in [0, 0.05) is 31.6 Å². The summed E-state index contributed by atoms with van der Waals surface area (Å²) in [4.78, 5) is 25.7. The summed E-state index contributed by atoms with van der Waals surface area (Å²) in [5.74, 6) is 1.18. The topological polar surface area (TPSA) is 106 Å². The molecule has 1 aliphatic heterocycles. The van der Waals surface area contributed by atoms with Gasteiger partial charge in [-0.1, -0.05) is 6.07 Å². The zero-order chi connectivity index (χ0) is 25.4. The Kier molecular flexibility index (Phi) is 6.29. The van der Waals surface area contributed by atoms with Crippen molar-refractivity contribution >= 4 is 34.0 Å². The van der Waals surface area contributed by atoms with E-state index in [2.05, 4.69) is 20.2 Å². The predicted octanol–water partition coefficient (Wildman–Crippen LogP) is 3.57. The zero-order valence-corrected chi connectivity index (χ0v) is 20.8. The summed E-state index contributed by atoms with van der Waals surface area (Å²) >= 11 is 0. The molecule has 2 heterocycles. The summed E-state index contributed by atoms with van der Waals surface area (Å²) in [6.45, 7) is 1.62. The van der Waals surface area contributed by atoms with Gasteiger partial charge in [-0.2, -0.15) is 0 Å². The monoisotopic (exact) mass is 494 g/mol. The molecule has 0 bridgehead atoms. The fourth-order valence-electron chi connectivity index (χ4n) is 5.29. The number of hydrogen-bond acceptors (Lipinski definition) is 8. The second-order valence-electron chi connectivity index (χ2n) is 9.57. The first kappa shape index (κ1) is 24.1. The number of rotatable bonds is 5. The molecule has 36 heavy (non-hydrogen) atoms. The third-order valence-electron chi connectivity index (χ3n) is 7.50. The van der Waals surface area contributed by atoms with Crippen LogP contribution in [-0.4, -0.2) is 71.6 Å². The van der Waals surface area contributed by atoms with E-state index in [-0.39, 0.29) is 23.4 Å². The van der Waals surface area contributed by atoms with Gasteiger partial charge in [0.05, 0.1) is 30.1 Å². The van der Waals surface area contributed by atoms with Gasteiger partial charge in [0.15, 0.2) is 17.3 Å². The highest BCUT2D eigenvalue weighted by Crippen LogP contribution is 2.41. The van der Waals surface area contributed by atoms with E-state index in [9.17, 15) is 9.18 Å². The van der Waals surface area contributed by atoms with Crippen LogP contribution in [0.15, 0.2) is 36.7 Å². The first-order valence-corrected chi connectivity index (χ1v) is 12.1. The largest absolute Gasteiger partial charge is 0.493 e. The van der Waals surface area contributed by atoms with Crippen molar-refractivity contribution in [2.75, 3.05) is 45.3 Å². The normalized spacial score (nSPS) is 22.7. The number of methoxy groups -OCH3 is 1. The Bertz CT molecular complexity index is 1290. The van der Waals surface area contributed by atoms with Crippen molar-refractivity contribution in [1.29, 1.82) is 0 Å². The van der Waals surface area contributed by atoms with Gasteiger partial charge in [-0.25, -0.2) is 14.4 Å². The number of benzene rings is 2. The zero-order valence-electron chi connectivity index (χ0n) is 20.8. The summed E-state index contributed by atoms with van der Waals surface area (Å²) in [7, 11) is 5.50. The Balaban J connectivity index is 1.40. The average molecular weight is 495 g/mol. The molecule has 10 heteroatoms. The van der Waals surface area contributed by atoms with Crippen molar-refractivity contribution in [3.8, 4) is 11.5 Å². The fraction of sp³-hybridized carbons (Fsp3) is 0.423. The SMILES string of the molecule is COc1cc2ncnc(Nc3cccc(N)c3F)c2cc1OC1CCC2(CC1)C(=O)N(C)CCN2C. The summed E-state index contributed by atoms with van der Waals surface area (Å²) < 4.78 is 26.5. The number of piperazine rings is 1. The lowest BCUT2D eigenvalue weighted by Gasteiger charge is -2.50. The number of carbonyl (C=O) groups excluding carboxylic acids is 1. The van der Waals surface area contributed by atoms with Crippen LogP contribution in [0.3, 0.4) is 0 Å². The quantitative estimate of drug-likeness (QED) is 0.519. The fourth-order valence-corrected chi connectivity index (χ4v) is 5.29. The molecule has 1 saturated carbocycles. The van der Waals surface area contributed by atoms with Crippen LogP contribution in [-0.2, 0) is 4.79 Å². The smallest absolute Gasteiger partial charge is 0.242 e. The Morgan fingerprint density at radius 2 is 1.92 bits per heavy atom. The lowest BCUT2D eigenvalue weighted by molar-refractivity contribution is -0.152. The van der Waals surface area contributed by atoms with Gasteiger partial charge in [0.25, 0.3) is 0 Å². The third kappa shape index (κ3) is 4.15. The van der Waals surface area contributed by atoms with Crippen LogP contribution in [0.1, 0.15) is 25.7 Å². The van der Waals surface area contributed by atoms with E-state index in [4.69, 9.17) is 15.2 Å². The molecule has 1 aromatic heterocycles. The maximum atomic E-state index is 14.5. The number of anilines is 3. The highest BCUT2D eigenvalue weighted by molar-refractivity contribution is 5.93. The molecule has 1 amide bonds. The molecule has 2 fully saturated rings. The van der Waals surface area contributed by atoms with Crippen LogP contribution in [0.4, 0.5) is 21.6 Å².